The Morgan fingerprint density at radius 3 is 2.43 bits per heavy atom. The molecule has 5 heteroatoms. The van der Waals surface area contributed by atoms with Crippen LogP contribution in [0.15, 0.2) is 72.8 Å². The average Bonchev–Trinajstić information content (AvgIpc) is 2.73. The molecule has 144 valence electrons. The minimum atomic E-state index is -0.190. The van der Waals surface area contributed by atoms with Gasteiger partial charge in [-0.2, -0.15) is 0 Å². The fourth-order valence-corrected chi connectivity index (χ4v) is 2.60. The van der Waals surface area contributed by atoms with Gasteiger partial charge in [0, 0.05) is 18.1 Å². The maximum absolute atomic E-state index is 11.3. The molecule has 0 fully saturated rings. The standard InChI is InChI=1S/C23H23NO4/c1-2-26-23(25)12-7-17-27-19-15-13-18(14-16-19)21-10-6-11-22(24-21)28-20-8-4-3-5-9-20/h3-6,8-11,13-16H,2,7,12,17H2,1H3. The summed E-state index contributed by atoms with van der Waals surface area (Å²) in [5, 5.41) is 0. The lowest BCUT2D eigenvalue weighted by Gasteiger charge is -2.09. The van der Waals surface area contributed by atoms with E-state index in [9.17, 15) is 4.79 Å². The van der Waals surface area contributed by atoms with E-state index in [0.29, 0.717) is 31.9 Å². The number of pyridine rings is 1. The van der Waals surface area contributed by atoms with Gasteiger partial charge in [-0.25, -0.2) is 4.98 Å². The minimum absolute atomic E-state index is 0.190. The van der Waals surface area contributed by atoms with Crippen LogP contribution in [0.3, 0.4) is 0 Å². The first-order chi connectivity index (χ1) is 13.7. The summed E-state index contributed by atoms with van der Waals surface area (Å²) in [6, 6.07) is 22.9. The number of hydrogen-bond donors (Lipinski definition) is 0. The summed E-state index contributed by atoms with van der Waals surface area (Å²) >= 11 is 0. The Balaban J connectivity index is 1.56. The Morgan fingerprint density at radius 2 is 1.68 bits per heavy atom. The predicted octanol–water partition coefficient (Wildman–Crippen LogP) is 5.26. The van der Waals surface area contributed by atoms with Crippen LogP contribution < -0.4 is 9.47 Å². The minimum Gasteiger partial charge on any atom is -0.494 e. The van der Waals surface area contributed by atoms with Crippen molar-refractivity contribution < 1.29 is 19.0 Å². The molecule has 0 aliphatic rings. The number of rotatable bonds is 9. The number of hydrogen-bond acceptors (Lipinski definition) is 5. The summed E-state index contributed by atoms with van der Waals surface area (Å²) in [5.41, 5.74) is 1.79. The molecule has 0 saturated heterocycles. The highest BCUT2D eigenvalue weighted by Crippen LogP contribution is 2.25. The van der Waals surface area contributed by atoms with E-state index in [1.54, 1.807) is 6.92 Å². The van der Waals surface area contributed by atoms with E-state index in [2.05, 4.69) is 4.98 Å². The third kappa shape index (κ3) is 5.84. The number of carbonyl (C=O) groups excluding carboxylic acids is 1. The lowest BCUT2D eigenvalue weighted by atomic mass is 10.1. The maximum atomic E-state index is 11.3. The molecule has 0 saturated carbocycles. The van der Waals surface area contributed by atoms with E-state index in [0.717, 1.165) is 22.8 Å². The van der Waals surface area contributed by atoms with Gasteiger partial charge < -0.3 is 14.2 Å². The van der Waals surface area contributed by atoms with Crippen molar-refractivity contribution in [2.24, 2.45) is 0 Å². The molecule has 3 aromatic rings. The third-order valence-corrected chi connectivity index (χ3v) is 3.94. The Kier molecular flexibility index (Phi) is 7.01. The monoisotopic (exact) mass is 377 g/mol. The molecule has 0 bridgehead atoms. The molecule has 0 spiro atoms. The molecule has 0 aliphatic heterocycles. The fourth-order valence-electron chi connectivity index (χ4n) is 2.60. The lowest BCUT2D eigenvalue weighted by molar-refractivity contribution is -0.143. The van der Waals surface area contributed by atoms with Crippen molar-refractivity contribution in [2.45, 2.75) is 19.8 Å². The average molecular weight is 377 g/mol. The highest BCUT2D eigenvalue weighted by Gasteiger charge is 2.05. The number of nitrogens with zero attached hydrogens (tertiary/aromatic N) is 1. The zero-order valence-electron chi connectivity index (χ0n) is 15.8. The number of aromatic nitrogens is 1. The lowest BCUT2D eigenvalue weighted by Crippen LogP contribution is -2.06. The molecule has 3 rings (SSSR count). The second kappa shape index (κ2) is 10.1. The molecule has 0 atom stereocenters. The van der Waals surface area contributed by atoms with Crippen molar-refractivity contribution in [3.05, 3.63) is 72.8 Å². The Bertz CT molecular complexity index is 879. The van der Waals surface area contributed by atoms with Crippen molar-refractivity contribution in [1.29, 1.82) is 0 Å². The van der Waals surface area contributed by atoms with Crippen molar-refractivity contribution >= 4 is 5.97 Å². The SMILES string of the molecule is CCOC(=O)CCCOc1ccc(-c2cccc(Oc3ccccc3)n2)cc1. The summed E-state index contributed by atoms with van der Waals surface area (Å²) < 4.78 is 16.4. The Labute approximate surface area is 164 Å². The van der Waals surface area contributed by atoms with Crippen LogP contribution in [0.1, 0.15) is 19.8 Å². The summed E-state index contributed by atoms with van der Waals surface area (Å²) in [7, 11) is 0. The van der Waals surface area contributed by atoms with Crippen LogP contribution in [0.2, 0.25) is 0 Å². The predicted molar refractivity (Wildman–Crippen MR) is 108 cm³/mol. The van der Waals surface area contributed by atoms with Gasteiger partial charge in [-0.15, -0.1) is 0 Å². The van der Waals surface area contributed by atoms with E-state index in [1.807, 2.05) is 72.8 Å². The van der Waals surface area contributed by atoms with Gasteiger partial charge in [0.15, 0.2) is 0 Å². The van der Waals surface area contributed by atoms with Gasteiger partial charge in [0.2, 0.25) is 5.88 Å². The highest BCUT2D eigenvalue weighted by atomic mass is 16.5. The van der Waals surface area contributed by atoms with Gasteiger partial charge in [-0.3, -0.25) is 4.79 Å². The largest absolute Gasteiger partial charge is 0.494 e. The second-order valence-corrected chi connectivity index (χ2v) is 6.06. The molecule has 0 amide bonds. The molecule has 5 nitrogen and oxygen atoms in total. The van der Waals surface area contributed by atoms with Crippen LogP contribution in [0.25, 0.3) is 11.3 Å². The number of esters is 1. The molecule has 0 N–H and O–H groups in total. The van der Waals surface area contributed by atoms with Gasteiger partial charge in [-0.1, -0.05) is 24.3 Å². The van der Waals surface area contributed by atoms with E-state index in [-0.39, 0.29) is 5.97 Å². The van der Waals surface area contributed by atoms with Crippen molar-refractivity contribution in [3.63, 3.8) is 0 Å². The number of benzene rings is 2. The molecule has 0 radical (unpaired) electrons. The van der Waals surface area contributed by atoms with Gasteiger partial charge in [0.1, 0.15) is 11.5 Å². The third-order valence-electron chi connectivity index (χ3n) is 3.94. The topological polar surface area (TPSA) is 57.7 Å². The number of ether oxygens (including phenoxy) is 3. The fraction of sp³-hybridized carbons (Fsp3) is 0.217. The van der Waals surface area contributed by atoms with Gasteiger partial charge >= 0.3 is 5.97 Å². The van der Waals surface area contributed by atoms with Crippen LogP contribution in [0, 0.1) is 0 Å². The molecule has 0 aliphatic carbocycles. The van der Waals surface area contributed by atoms with Crippen molar-refractivity contribution in [1.82, 2.24) is 4.98 Å². The molecular weight excluding hydrogens is 354 g/mol. The van der Waals surface area contributed by atoms with Gasteiger partial charge in [0.05, 0.1) is 18.9 Å². The second-order valence-electron chi connectivity index (χ2n) is 6.06. The molecule has 1 aromatic heterocycles. The first kappa shape index (κ1) is 19.4. The summed E-state index contributed by atoms with van der Waals surface area (Å²) in [4.78, 5) is 15.9. The quantitative estimate of drug-likeness (QED) is 0.376. The Morgan fingerprint density at radius 1 is 0.893 bits per heavy atom. The van der Waals surface area contributed by atoms with Crippen molar-refractivity contribution in [2.75, 3.05) is 13.2 Å². The number of carbonyl (C=O) groups is 1. The van der Waals surface area contributed by atoms with E-state index >= 15 is 0 Å². The van der Waals surface area contributed by atoms with Crippen LogP contribution in [-0.2, 0) is 9.53 Å². The zero-order valence-corrected chi connectivity index (χ0v) is 15.8. The molecular formula is C23H23NO4. The Hall–Kier alpha value is -3.34. The summed E-state index contributed by atoms with van der Waals surface area (Å²) in [6.07, 6.45) is 0.991. The van der Waals surface area contributed by atoms with Crippen molar-refractivity contribution in [3.8, 4) is 28.6 Å². The normalized spacial score (nSPS) is 10.3. The molecule has 2 aromatic carbocycles. The summed E-state index contributed by atoms with van der Waals surface area (Å²) in [6.45, 7) is 2.68. The molecule has 0 unspecified atom stereocenters. The molecule has 1 heterocycles. The van der Waals surface area contributed by atoms with Crippen LogP contribution in [-0.4, -0.2) is 24.2 Å². The van der Waals surface area contributed by atoms with Gasteiger partial charge in [0.25, 0.3) is 0 Å². The van der Waals surface area contributed by atoms with E-state index in [1.165, 1.54) is 0 Å². The van der Waals surface area contributed by atoms with Crippen LogP contribution in [0.5, 0.6) is 17.4 Å². The first-order valence-electron chi connectivity index (χ1n) is 9.33. The van der Waals surface area contributed by atoms with E-state index in [4.69, 9.17) is 14.2 Å². The first-order valence-corrected chi connectivity index (χ1v) is 9.33. The molecule has 28 heavy (non-hydrogen) atoms. The van der Waals surface area contributed by atoms with Crippen LogP contribution in [0.4, 0.5) is 0 Å². The summed E-state index contributed by atoms with van der Waals surface area (Å²) in [5.74, 6) is 1.86. The maximum Gasteiger partial charge on any atom is 0.305 e. The smallest absolute Gasteiger partial charge is 0.305 e. The number of para-hydroxylation sites is 1. The highest BCUT2D eigenvalue weighted by molar-refractivity contribution is 5.69. The van der Waals surface area contributed by atoms with E-state index < -0.39 is 0 Å². The zero-order chi connectivity index (χ0) is 19.6. The van der Waals surface area contributed by atoms with Crippen LogP contribution >= 0.6 is 0 Å². The van der Waals surface area contributed by atoms with Gasteiger partial charge in [-0.05, 0) is 55.8 Å².